The molecule has 5 heteroatoms. The standard InChI is InChI=1S/C23H23N5/c1-2-13-25-23-27-21(17-8-4-3-5-9-17)15-22(28-23)24-14-12-18-16-26-20-11-7-6-10-19(18)20/h2-11,15-16,26H,1,12-14H2,(H2,24,25,27,28). The Bertz CT molecular complexity index is 1070. The van der Waals surface area contributed by atoms with Crippen molar-refractivity contribution < 1.29 is 0 Å². The van der Waals surface area contributed by atoms with E-state index in [1.807, 2.05) is 30.3 Å². The number of H-pyrrole nitrogens is 1. The van der Waals surface area contributed by atoms with Crippen molar-refractivity contribution in [3.05, 3.63) is 85.1 Å². The number of benzene rings is 2. The number of rotatable bonds is 8. The van der Waals surface area contributed by atoms with Gasteiger partial charge in [-0.05, 0) is 18.1 Å². The maximum absolute atomic E-state index is 4.63. The number of hydrogen-bond donors (Lipinski definition) is 3. The van der Waals surface area contributed by atoms with Gasteiger partial charge in [0.05, 0.1) is 5.69 Å². The first-order valence-electron chi connectivity index (χ1n) is 9.41. The lowest BCUT2D eigenvalue weighted by molar-refractivity contribution is 1.01. The maximum atomic E-state index is 4.63. The molecule has 0 unspecified atom stereocenters. The quantitative estimate of drug-likeness (QED) is 0.387. The number of nitrogens with zero attached hydrogens (tertiary/aromatic N) is 2. The molecule has 0 aliphatic heterocycles. The highest BCUT2D eigenvalue weighted by Gasteiger charge is 2.07. The molecule has 140 valence electrons. The van der Waals surface area contributed by atoms with Gasteiger partial charge in [-0.2, -0.15) is 4.98 Å². The van der Waals surface area contributed by atoms with Crippen molar-refractivity contribution in [2.45, 2.75) is 6.42 Å². The first-order valence-corrected chi connectivity index (χ1v) is 9.41. The highest BCUT2D eigenvalue weighted by atomic mass is 15.1. The molecule has 0 saturated carbocycles. The van der Waals surface area contributed by atoms with E-state index in [2.05, 4.69) is 68.7 Å². The molecule has 2 aromatic carbocycles. The second-order valence-corrected chi connectivity index (χ2v) is 6.53. The number of fused-ring (bicyclic) bond motifs is 1. The number of anilines is 2. The highest BCUT2D eigenvalue weighted by molar-refractivity contribution is 5.83. The average Bonchev–Trinajstić information content (AvgIpc) is 3.16. The molecule has 0 amide bonds. The van der Waals surface area contributed by atoms with Crippen LogP contribution in [0.1, 0.15) is 5.56 Å². The number of para-hydroxylation sites is 1. The Hall–Kier alpha value is -3.60. The lowest BCUT2D eigenvalue weighted by Crippen LogP contribution is -2.10. The van der Waals surface area contributed by atoms with Crippen LogP contribution in [0.3, 0.4) is 0 Å². The molecule has 4 rings (SSSR count). The molecule has 0 spiro atoms. The van der Waals surface area contributed by atoms with E-state index in [9.17, 15) is 0 Å². The summed E-state index contributed by atoms with van der Waals surface area (Å²) in [7, 11) is 0. The van der Waals surface area contributed by atoms with Gasteiger partial charge in [0, 0.05) is 41.8 Å². The molecular weight excluding hydrogens is 346 g/mol. The third-order valence-corrected chi connectivity index (χ3v) is 4.58. The van der Waals surface area contributed by atoms with E-state index in [-0.39, 0.29) is 0 Å². The first kappa shape index (κ1) is 17.8. The smallest absolute Gasteiger partial charge is 0.225 e. The minimum Gasteiger partial charge on any atom is -0.370 e. The molecule has 3 N–H and O–H groups in total. The lowest BCUT2D eigenvalue weighted by atomic mass is 10.1. The molecule has 0 aliphatic carbocycles. The van der Waals surface area contributed by atoms with Crippen molar-refractivity contribution in [1.82, 2.24) is 15.0 Å². The average molecular weight is 369 g/mol. The van der Waals surface area contributed by atoms with Crippen molar-refractivity contribution in [2.24, 2.45) is 0 Å². The van der Waals surface area contributed by atoms with Gasteiger partial charge in [0.2, 0.25) is 5.95 Å². The Morgan fingerprint density at radius 2 is 1.79 bits per heavy atom. The predicted octanol–water partition coefficient (Wildman–Crippen LogP) is 4.88. The van der Waals surface area contributed by atoms with Crippen molar-refractivity contribution in [2.75, 3.05) is 23.7 Å². The molecule has 0 saturated heterocycles. The Balaban J connectivity index is 1.52. The van der Waals surface area contributed by atoms with Crippen LogP contribution < -0.4 is 10.6 Å². The van der Waals surface area contributed by atoms with Crippen LogP contribution in [0.25, 0.3) is 22.2 Å². The molecule has 2 heterocycles. The highest BCUT2D eigenvalue weighted by Crippen LogP contribution is 2.22. The molecule has 0 bridgehead atoms. The topological polar surface area (TPSA) is 65.6 Å². The lowest BCUT2D eigenvalue weighted by Gasteiger charge is -2.11. The third-order valence-electron chi connectivity index (χ3n) is 4.58. The van der Waals surface area contributed by atoms with Crippen LogP contribution in [0.5, 0.6) is 0 Å². The fourth-order valence-corrected chi connectivity index (χ4v) is 3.20. The van der Waals surface area contributed by atoms with Gasteiger partial charge in [0.15, 0.2) is 0 Å². The van der Waals surface area contributed by atoms with Gasteiger partial charge in [-0.15, -0.1) is 6.58 Å². The summed E-state index contributed by atoms with van der Waals surface area (Å²) in [6.45, 7) is 5.15. The molecule has 0 aliphatic rings. The Kier molecular flexibility index (Phi) is 5.33. The molecular formula is C23H23N5. The summed E-state index contributed by atoms with van der Waals surface area (Å²) in [5.41, 5.74) is 4.41. The van der Waals surface area contributed by atoms with Gasteiger partial charge in [-0.3, -0.25) is 0 Å². The summed E-state index contributed by atoms with van der Waals surface area (Å²) in [4.78, 5) is 12.5. The van der Waals surface area contributed by atoms with Crippen LogP contribution >= 0.6 is 0 Å². The van der Waals surface area contributed by atoms with E-state index in [0.717, 1.165) is 30.0 Å². The SMILES string of the molecule is C=CCNc1nc(NCCc2c[nH]c3ccccc23)cc(-c2ccccc2)n1. The second-order valence-electron chi connectivity index (χ2n) is 6.53. The molecule has 28 heavy (non-hydrogen) atoms. The summed E-state index contributed by atoms with van der Waals surface area (Å²) in [6, 6.07) is 20.5. The minimum atomic E-state index is 0.593. The molecule has 0 radical (unpaired) electrons. The van der Waals surface area contributed by atoms with E-state index in [0.29, 0.717) is 12.5 Å². The van der Waals surface area contributed by atoms with Gasteiger partial charge in [-0.25, -0.2) is 4.98 Å². The minimum absolute atomic E-state index is 0.593. The first-order chi connectivity index (χ1) is 13.8. The van der Waals surface area contributed by atoms with E-state index in [1.54, 1.807) is 6.08 Å². The van der Waals surface area contributed by atoms with Gasteiger partial charge < -0.3 is 15.6 Å². The zero-order chi connectivity index (χ0) is 19.2. The number of hydrogen-bond acceptors (Lipinski definition) is 4. The Morgan fingerprint density at radius 1 is 0.964 bits per heavy atom. The van der Waals surface area contributed by atoms with Crippen LogP contribution in [-0.2, 0) is 6.42 Å². The summed E-state index contributed by atoms with van der Waals surface area (Å²) in [5, 5.41) is 7.90. The number of nitrogens with one attached hydrogen (secondary N) is 3. The molecule has 0 atom stereocenters. The van der Waals surface area contributed by atoms with Gasteiger partial charge in [-0.1, -0.05) is 54.6 Å². The van der Waals surface area contributed by atoms with E-state index in [4.69, 9.17) is 0 Å². The Labute approximate surface area is 164 Å². The number of aromatic amines is 1. The van der Waals surface area contributed by atoms with Crippen LogP contribution in [0.15, 0.2) is 79.5 Å². The summed E-state index contributed by atoms with van der Waals surface area (Å²) < 4.78 is 0. The zero-order valence-electron chi connectivity index (χ0n) is 15.7. The number of aromatic nitrogens is 3. The van der Waals surface area contributed by atoms with Crippen LogP contribution in [0.4, 0.5) is 11.8 Å². The van der Waals surface area contributed by atoms with E-state index < -0.39 is 0 Å². The molecule has 4 aromatic rings. The third kappa shape index (κ3) is 4.04. The zero-order valence-corrected chi connectivity index (χ0v) is 15.7. The fourth-order valence-electron chi connectivity index (χ4n) is 3.20. The van der Waals surface area contributed by atoms with Crippen LogP contribution in [0, 0.1) is 0 Å². The van der Waals surface area contributed by atoms with Crippen molar-refractivity contribution in [1.29, 1.82) is 0 Å². The van der Waals surface area contributed by atoms with Crippen LogP contribution in [0.2, 0.25) is 0 Å². The van der Waals surface area contributed by atoms with Crippen molar-refractivity contribution >= 4 is 22.7 Å². The van der Waals surface area contributed by atoms with E-state index >= 15 is 0 Å². The maximum Gasteiger partial charge on any atom is 0.225 e. The fraction of sp³-hybridized carbons (Fsp3) is 0.130. The monoisotopic (exact) mass is 369 g/mol. The van der Waals surface area contributed by atoms with Gasteiger partial charge >= 0.3 is 0 Å². The summed E-state index contributed by atoms with van der Waals surface area (Å²) >= 11 is 0. The Morgan fingerprint density at radius 3 is 2.64 bits per heavy atom. The molecule has 0 fully saturated rings. The van der Waals surface area contributed by atoms with Crippen molar-refractivity contribution in [3.8, 4) is 11.3 Å². The molecule has 2 aromatic heterocycles. The van der Waals surface area contributed by atoms with Crippen molar-refractivity contribution in [3.63, 3.8) is 0 Å². The predicted molar refractivity (Wildman–Crippen MR) is 117 cm³/mol. The van der Waals surface area contributed by atoms with Gasteiger partial charge in [0.1, 0.15) is 5.82 Å². The van der Waals surface area contributed by atoms with E-state index in [1.165, 1.54) is 16.5 Å². The second kappa shape index (κ2) is 8.39. The normalized spacial score (nSPS) is 10.7. The van der Waals surface area contributed by atoms with Gasteiger partial charge in [0.25, 0.3) is 0 Å². The summed E-state index contributed by atoms with van der Waals surface area (Å²) in [5.74, 6) is 1.40. The largest absolute Gasteiger partial charge is 0.370 e. The molecule has 5 nitrogen and oxygen atoms in total. The van der Waals surface area contributed by atoms with Crippen LogP contribution in [-0.4, -0.2) is 28.0 Å². The summed E-state index contributed by atoms with van der Waals surface area (Å²) in [6.07, 6.45) is 4.78.